The Morgan fingerprint density at radius 2 is 2.30 bits per heavy atom. The minimum absolute atomic E-state index is 0.112. The number of ether oxygens (including phenoxy) is 1. The van der Waals surface area contributed by atoms with Gasteiger partial charge in [-0.15, -0.1) is 0 Å². The third-order valence-electron chi connectivity index (χ3n) is 4.11. The van der Waals surface area contributed by atoms with Crippen LogP contribution in [0.25, 0.3) is 5.69 Å². The first-order valence-electron chi connectivity index (χ1n) is 7.86. The van der Waals surface area contributed by atoms with E-state index in [1.165, 1.54) is 0 Å². The second-order valence-corrected chi connectivity index (χ2v) is 6.09. The zero-order chi connectivity index (χ0) is 16.2. The van der Waals surface area contributed by atoms with E-state index in [9.17, 15) is 4.79 Å². The average Bonchev–Trinajstić information content (AvgIpc) is 3.18. The average molecular weight is 334 g/mol. The minimum Gasteiger partial charge on any atom is -0.378 e. The van der Waals surface area contributed by atoms with Crippen LogP contribution in [0.2, 0.25) is 5.02 Å². The highest BCUT2D eigenvalue weighted by Gasteiger charge is 2.18. The molecule has 5 nitrogen and oxygen atoms in total. The lowest BCUT2D eigenvalue weighted by atomic mass is 10.2. The lowest BCUT2D eigenvalue weighted by Gasteiger charge is -2.10. The van der Waals surface area contributed by atoms with Crippen LogP contribution >= 0.6 is 11.6 Å². The minimum atomic E-state index is -0.112. The molecule has 1 unspecified atom stereocenters. The van der Waals surface area contributed by atoms with Gasteiger partial charge in [0.1, 0.15) is 0 Å². The van der Waals surface area contributed by atoms with Gasteiger partial charge in [0, 0.05) is 13.2 Å². The molecule has 1 amide bonds. The van der Waals surface area contributed by atoms with E-state index in [0.29, 0.717) is 17.1 Å². The van der Waals surface area contributed by atoms with E-state index < -0.39 is 0 Å². The van der Waals surface area contributed by atoms with Gasteiger partial charge in [0.2, 0.25) is 0 Å². The summed E-state index contributed by atoms with van der Waals surface area (Å²) in [5.74, 6) is -0.112. The van der Waals surface area contributed by atoms with Crippen molar-refractivity contribution in [2.75, 3.05) is 13.2 Å². The summed E-state index contributed by atoms with van der Waals surface area (Å²) in [6.45, 7) is 3.31. The second kappa shape index (κ2) is 7.15. The van der Waals surface area contributed by atoms with Crippen LogP contribution in [0.1, 0.15) is 35.3 Å². The second-order valence-electron chi connectivity index (χ2n) is 5.69. The number of para-hydroxylation sites is 1. The first kappa shape index (κ1) is 16.0. The van der Waals surface area contributed by atoms with Crippen LogP contribution in [0.15, 0.2) is 30.5 Å². The van der Waals surface area contributed by atoms with Crippen molar-refractivity contribution in [3.63, 3.8) is 0 Å². The fourth-order valence-electron chi connectivity index (χ4n) is 2.81. The highest BCUT2D eigenvalue weighted by atomic mass is 35.5. The van der Waals surface area contributed by atoms with E-state index in [1.807, 2.05) is 25.1 Å². The molecule has 1 saturated heterocycles. The molecular formula is C17H20ClN3O2. The molecule has 1 fully saturated rings. The predicted molar refractivity (Wildman–Crippen MR) is 89.2 cm³/mol. The van der Waals surface area contributed by atoms with Crippen molar-refractivity contribution >= 4 is 17.5 Å². The van der Waals surface area contributed by atoms with Crippen molar-refractivity contribution in [2.24, 2.45) is 0 Å². The van der Waals surface area contributed by atoms with Gasteiger partial charge in [0.05, 0.1) is 34.3 Å². The number of rotatable bonds is 5. The number of hydrogen-bond acceptors (Lipinski definition) is 3. The van der Waals surface area contributed by atoms with Crippen LogP contribution in [0, 0.1) is 6.92 Å². The third-order valence-corrected chi connectivity index (χ3v) is 4.43. The monoisotopic (exact) mass is 333 g/mol. The maximum absolute atomic E-state index is 12.3. The molecule has 0 saturated carbocycles. The molecule has 3 rings (SSSR count). The summed E-state index contributed by atoms with van der Waals surface area (Å²) in [5.41, 5.74) is 2.11. The molecular weight excluding hydrogens is 314 g/mol. The van der Waals surface area contributed by atoms with Crippen molar-refractivity contribution in [1.29, 1.82) is 0 Å². The van der Waals surface area contributed by atoms with Crippen molar-refractivity contribution < 1.29 is 9.53 Å². The van der Waals surface area contributed by atoms with Gasteiger partial charge in [0.25, 0.3) is 5.91 Å². The predicted octanol–water partition coefficient (Wildman–Crippen LogP) is 3.13. The normalized spacial score (nSPS) is 17.4. The molecule has 0 bridgehead atoms. The fourth-order valence-corrected chi connectivity index (χ4v) is 3.03. The molecule has 1 atom stereocenters. The fraction of sp³-hybridized carbons (Fsp3) is 0.412. The van der Waals surface area contributed by atoms with Gasteiger partial charge in [-0.3, -0.25) is 4.79 Å². The molecule has 1 aliphatic heterocycles. The third kappa shape index (κ3) is 3.57. The van der Waals surface area contributed by atoms with Crippen LogP contribution < -0.4 is 5.32 Å². The summed E-state index contributed by atoms with van der Waals surface area (Å²) < 4.78 is 7.25. The number of hydrogen-bond donors (Lipinski definition) is 1. The summed E-state index contributed by atoms with van der Waals surface area (Å²) in [6, 6.07) is 7.44. The van der Waals surface area contributed by atoms with E-state index in [0.717, 1.165) is 37.3 Å². The van der Waals surface area contributed by atoms with Crippen LogP contribution in [0.3, 0.4) is 0 Å². The van der Waals surface area contributed by atoms with Gasteiger partial charge >= 0.3 is 0 Å². The lowest BCUT2D eigenvalue weighted by Crippen LogP contribution is -2.27. The Morgan fingerprint density at radius 3 is 3.04 bits per heavy atom. The smallest absolute Gasteiger partial charge is 0.254 e. The number of halogens is 1. The molecule has 122 valence electrons. The molecule has 0 aliphatic carbocycles. The van der Waals surface area contributed by atoms with Gasteiger partial charge in [-0.1, -0.05) is 23.7 Å². The first-order valence-corrected chi connectivity index (χ1v) is 8.24. The summed E-state index contributed by atoms with van der Waals surface area (Å²) in [7, 11) is 0. The zero-order valence-electron chi connectivity index (χ0n) is 13.1. The van der Waals surface area contributed by atoms with Crippen molar-refractivity contribution in [2.45, 2.75) is 32.3 Å². The van der Waals surface area contributed by atoms with Crippen molar-refractivity contribution in [3.8, 4) is 5.69 Å². The quantitative estimate of drug-likeness (QED) is 0.914. The van der Waals surface area contributed by atoms with Gasteiger partial charge in [0.15, 0.2) is 0 Å². The number of aromatic nitrogens is 2. The molecule has 23 heavy (non-hydrogen) atoms. The van der Waals surface area contributed by atoms with Crippen LogP contribution in [-0.4, -0.2) is 34.9 Å². The number of amides is 1. The number of benzene rings is 1. The van der Waals surface area contributed by atoms with Crippen molar-refractivity contribution in [1.82, 2.24) is 15.1 Å². The Kier molecular flexibility index (Phi) is 4.98. The number of nitrogens with one attached hydrogen (secondary N) is 1. The highest BCUT2D eigenvalue weighted by molar-refractivity contribution is 6.32. The largest absolute Gasteiger partial charge is 0.378 e. The Labute approximate surface area is 140 Å². The number of carbonyl (C=O) groups is 1. The Hall–Kier alpha value is -1.85. The maximum atomic E-state index is 12.3. The Morgan fingerprint density at radius 1 is 1.48 bits per heavy atom. The van der Waals surface area contributed by atoms with E-state index in [-0.39, 0.29) is 12.0 Å². The molecule has 2 heterocycles. The molecule has 1 aromatic heterocycles. The maximum Gasteiger partial charge on any atom is 0.254 e. The zero-order valence-corrected chi connectivity index (χ0v) is 13.8. The SMILES string of the molecule is Cc1c(C(=O)NCCC2CCCO2)cnn1-c1ccccc1Cl. The van der Waals surface area contributed by atoms with Gasteiger partial charge in [-0.25, -0.2) is 4.68 Å². The van der Waals surface area contributed by atoms with Crippen LogP contribution in [-0.2, 0) is 4.74 Å². The molecule has 0 radical (unpaired) electrons. The molecule has 0 spiro atoms. The van der Waals surface area contributed by atoms with Crippen molar-refractivity contribution in [3.05, 3.63) is 46.7 Å². The molecule has 2 aromatic rings. The van der Waals surface area contributed by atoms with Crippen LogP contribution in [0.5, 0.6) is 0 Å². The van der Waals surface area contributed by atoms with E-state index in [1.54, 1.807) is 16.9 Å². The summed E-state index contributed by atoms with van der Waals surface area (Å²) in [6.07, 6.45) is 4.91. The Balaban J connectivity index is 1.66. The van der Waals surface area contributed by atoms with E-state index >= 15 is 0 Å². The highest BCUT2D eigenvalue weighted by Crippen LogP contribution is 2.22. The van der Waals surface area contributed by atoms with Gasteiger partial charge < -0.3 is 10.1 Å². The van der Waals surface area contributed by atoms with E-state index in [4.69, 9.17) is 16.3 Å². The molecule has 1 aliphatic rings. The van der Waals surface area contributed by atoms with Gasteiger partial charge in [-0.05, 0) is 38.3 Å². The topological polar surface area (TPSA) is 56.1 Å². The van der Waals surface area contributed by atoms with E-state index in [2.05, 4.69) is 10.4 Å². The standard InChI is InChI=1S/C17H20ClN3O2/c1-12-14(17(22)19-9-8-13-5-4-10-23-13)11-20-21(12)16-7-3-2-6-15(16)18/h2-3,6-7,11,13H,4-5,8-10H2,1H3,(H,19,22). The molecule has 1 N–H and O–H groups in total. The summed E-state index contributed by atoms with van der Waals surface area (Å²) in [5, 5.41) is 7.84. The Bertz CT molecular complexity index is 693. The molecule has 1 aromatic carbocycles. The lowest BCUT2D eigenvalue weighted by molar-refractivity contribution is 0.0906. The first-order chi connectivity index (χ1) is 11.2. The summed E-state index contributed by atoms with van der Waals surface area (Å²) >= 11 is 6.20. The number of carbonyl (C=O) groups excluding carboxylic acids is 1. The van der Waals surface area contributed by atoms with Gasteiger partial charge in [-0.2, -0.15) is 5.10 Å². The summed E-state index contributed by atoms with van der Waals surface area (Å²) in [4.78, 5) is 12.3. The number of nitrogens with zero attached hydrogens (tertiary/aromatic N) is 2. The molecule has 6 heteroatoms. The van der Waals surface area contributed by atoms with Crippen LogP contribution in [0.4, 0.5) is 0 Å².